The summed E-state index contributed by atoms with van der Waals surface area (Å²) in [4.78, 5) is 26.7. The van der Waals surface area contributed by atoms with Crippen LogP contribution in [0.2, 0.25) is 0 Å². The highest BCUT2D eigenvalue weighted by atomic mass is 35.5. The number of anilines is 1. The van der Waals surface area contributed by atoms with Crippen LogP contribution < -0.4 is 26.8 Å². The maximum atomic E-state index is 11.4. The fraction of sp³-hybridized carbons (Fsp3) is 0.426. The van der Waals surface area contributed by atoms with Crippen molar-refractivity contribution in [2.45, 2.75) is 83.9 Å². The molecule has 1 saturated heterocycles. The zero-order valence-corrected chi connectivity index (χ0v) is 41.5. The first-order valence-electron chi connectivity index (χ1n) is 22.9. The van der Waals surface area contributed by atoms with E-state index in [-0.39, 0.29) is 25.5 Å². The standard InChI is InChI=1S/C15H22ClNO3.C15H19N3O2.C15H23NO4.C8H8O.CH4/c1-15(2,3)20-14(18)17-9-10-19-11-13(16)12-7-5-4-6-8-12;16-8-10-19-11-14(12-5-2-1-3-6-12)20-13-7-4-9-18-15(13)17;1-15(2,3)20-14(18)16-9-10-19-11-13(17)12-7-5-4-6-8-12;1-2-4-7(5-3-1)8-6-9-8;/h4-8,13H,9-11H2,1-3H3,(H,17,18);1-7,9,14H,8,10-11,16H2,(H2,17,18);4-8,13,17H,9-11H2,1-3H3,(H,16,18);1-5,8H,6H2;1H4. The normalized spacial score (nSPS) is 13.8. The van der Waals surface area contributed by atoms with Crippen LogP contribution in [0.4, 0.5) is 15.4 Å². The van der Waals surface area contributed by atoms with E-state index in [1.165, 1.54) is 5.56 Å². The number of hydrogen-bond acceptors (Lipinski definition) is 13. The molecular weight excluding hydrogens is 914 g/mol. The number of halogens is 1. The second kappa shape index (κ2) is 33.7. The SMILES string of the molecule is C.CC(C)(C)OC(=O)NCCOCC(Cl)c1ccccc1.CC(C)(C)OC(=O)NCCOCC(O)c1ccccc1.NCCOCC(Oc1cccnc1N)c1ccccc1.c1ccc(C2CO2)cc1. The average Bonchev–Trinajstić information content (AvgIpc) is 4.19. The number of aliphatic hydroxyl groups is 1. The minimum Gasteiger partial charge on any atom is -0.479 e. The number of aliphatic hydroxyl groups excluding tert-OH is 1. The third-order valence-electron chi connectivity index (χ3n) is 8.99. The lowest BCUT2D eigenvalue weighted by Crippen LogP contribution is -2.34. The Bertz CT molecular complexity index is 2030. The van der Waals surface area contributed by atoms with Crippen molar-refractivity contribution in [2.24, 2.45) is 5.73 Å². The molecule has 16 heteroatoms. The molecule has 0 radical (unpaired) electrons. The zero-order valence-electron chi connectivity index (χ0n) is 40.8. The molecule has 1 fully saturated rings. The Labute approximate surface area is 420 Å². The first-order chi connectivity index (χ1) is 33.0. The number of nitrogens with one attached hydrogen (secondary N) is 2. The van der Waals surface area contributed by atoms with Gasteiger partial charge in [-0.1, -0.05) is 129 Å². The van der Waals surface area contributed by atoms with Gasteiger partial charge in [-0.2, -0.15) is 0 Å². The van der Waals surface area contributed by atoms with Gasteiger partial charge in [0.2, 0.25) is 0 Å². The molecule has 1 aliphatic rings. The van der Waals surface area contributed by atoms with E-state index < -0.39 is 29.5 Å². The smallest absolute Gasteiger partial charge is 0.407 e. The predicted molar refractivity (Wildman–Crippen MR) is 277 cm³/mol. The lowest BCUT2D eigenvalue weighted by molar-refractivity contribution is 0.0316. The van der Waals surface area contributed by atoms with Gasteiger partial charge in [-0.3, -0.25) is 0 Å². The van der Waals surface area contributed by atoms with Gasteiger partial charge in [-0.25, -0.2) is 14.6 Å². The second-order valence-corrected chi connectivity index (χ2v) is 17.8. The number of nitrogens with zero attached hydrogens (tertiary/aromatic N) is 1. The Kier molecular flexibility index (Phi) is 29.1. The number of amides is 2. The number of carbonyl (C=O) groups excluding carboxylic acids is 2. The second-order valence-electron chi connectivity index (χ2n) is 17.3. The van der Waals surface area contributed by atoms with Crippen LogP contribution in [-0.2, 0) is 28.4 Å². The van der Waals surface area contributed by atoms with Gasteiger partial charge in [0.25, 0.3) is 0 Å². The summed E-state index contributed by atoms with van der Waals surface area (Å²) in [5, 5.41) is 14.9. The molecule has 0 saturated carbocycles. The van der Waals surface area contributed by atoms with E-state index in [1.807, 2.05) is 130 Å². The number of hydrogen-bond donors (Lipinski definition) is 5. The van der Waals surface area contributed by atoms with Gasteiger partial charge in [0, 0.05) is 25.8 Å². The molecule has 1 aliphatic heterocycles. The molecule has 2 heterocycles. The lowest BCUT2D eigenvalue weighted by atomic mass is 10.1. The molecule has 384 valence electrons. The van der Waals surface area contributed by atoms with Crippen molar-refractivity contribution < 1.29 is 47.9 Å². The first kappa shape index (κ1) is 60.3. The summed E-state index contributed by atoms with van der Waals surface area (Å²) < 4.78 is 37.4. The number of nitrogens with two attached hydrogens (primary N) is 2. The number of carbonyl (C=O) groups is 2. The van der Waals surface area contributed by atoms with Crippen LogP contribution >= 0.6 is 11.6 Å². The highest BCUT2D eigenvalue weighted by molar-refractivity contribution is 6.20. The third-order valence-corrected chi connectivity index (χ3v) is 9.37. The number of alkyl carbamates (subject to hydrolysis) is 2. The highest BCUT2D eigenvalue weighted by Gasteiger charge is 2.24. The van der Waals surface area contributed by atoms with Crippen LogP contribution in [0, 0.1) is 0 Å². The summed E-state index contributed by atoms with van der Waals surface area (Å²) in [6, 6.07) is 42.8. The lowest BCUT2D eigenvalue weighted by Gasteiger charge is -2.20. The summed E-state index contributed by atoms with van der Waals surface area (Å²) in [5.41, 5.74) is 14.4. The molecule has 0 aliphatic carbocycles. The quantitative estimate of drug-likeness (QED) is 0.0280. The Morgan fingerprint density at radius 3 is 1.61 bits per heavy atom. The van der Waals surface area contributed by atoms with Gasteiger partial charge in [0.15, 0.2) is 11.6 Å². The monoisotopic (exact) mass is 990 g/mol. The Morgan fingerprint density at radius 1 is 0.686 bits per heavy atom. The van der Waals surface area contributed by atoms with E-state index >= 15 is 0 Å². The summed E-state index contributed by atoms with van der Waals surface area (Å²) >= 11 is 6.20. The minimum atomic E-state index is -0.655. The van der Waals surface area contributed by atoms with Gasteiger partial charge in [-0.05, 0) is 75.9 Å². The molecule has 2 amide bonds. The van der Waals surface area contributed by atoms with E-state index in [0.717, 1.165) is 23.3 Å². The summed E-state index contributed by atoms with van der Waals surface area (Å²) in [6.45, 7) is 15.2. The molecule has 4 atom stereocenters. The van der Waals surface area contributed by atoms with E-state index in [4.69, 9.17) is 56.2 Å². The average molecular weight is 991 g/mol. The molecule has 0 spiro atoms. The van der Waals surface area contributed by atoms with Gasteiger partial charge in [0.05, 0.1) is 51.6 Å². The first-order valence-corrected chi connectivity index (χ1v) is 23.4. The van der Waals surface area contributed by atoms with E-state index in [9.17, 15) is 14.7 Å². The minimum absolute atomic E-state index is 0. The molecule has 15 nitrogen and oxygen atoms in total. The van der Waals surface area contributed by atoms with Crippen LogP contribution in [0.1, 0.15) is 94.9 Å². The molecule has 70 heavy (non-hydrogen) atoms. The van der Waals surface area contributed by atoms with Crippen molar-refractivity contribution in [1.29, 1.82) is 0 Å². The van der Waals surface area contributed by atoms with Crippen LogP contribution in [-0.4, -0.2) is 99.4 Å². The number of benzene rings is 4. The Morgan fingerprint density at radius 2 is 1.14 bits per heavy atom. The van der Waals surface area contributed by atoms with Crippen LogP contribution in [0.25, 0.3) is 0 Å². The molecular formula is C54H76ClN5O10. The van der Waals surface area contributed by atoms with Crippen molar-refractivity contribution in [1.82, 2.24) is 15.6 Å². The number of rotatable bonds is 20. The predicted octanol–water partition coefficient (Wildman–Crippen LogP) is 9.92. The number of nitrogen functional groups attached to an aromatic ring is 1. The topological polar surface area (TPSA) is 211 Å². The Balaban J connectivity index is 0.000000328. The van der Waals surface area contributed by atoms with Crippen LogP contribution in [0.3, 0.4) is 0 Å². The third kappa shape index (κ3) is 28.0. The summed E-state index contributed by atoms with van der Waals surface area (Å²) in [6.07, 6.45) is 0.236. The van der Waals surface area contributed by atoms with Gasteiger partial charge < -0.3 is 60.4 Å². The van der Waals surface area contributed by atoms with Crippen molar-refractivity contribution in [2.75, 3.05) is 71.6 Å². The molecule has 7 N–H and O–H groups in total. The molecule has 5 aromatic rings. The fourth-order valence-corrected chi connectivity index (χ4v) is 5.93. The van der Waals surface area contributed by atoms with E-state index in [0.29, 0.717) is 70.3 Å². The summed E-state index contributed by atoms with van der Waals surface area (Å²) in [5.74, 6) is 0.921. The fourth-order valence-electron chi connectivity index (χ4n) is 5.69. The number of epoxide rings is 1. The van der Waals surface area contributed by atoms with E-state index in [2.05, 4.69) is 27.8 Å². The maximum absolute atomic E-state index is 11.4. The van der Waals surface area contributed by atoms with Crippen molar-refractivity contribution in [3.63, 3.8) is 0 Å². The van der Waals surface area contributed by atoms with Gasteiger partial charge in [-0.15, -0.1) is 11.6 Å². The maximum Gasteiger partial charge on any atom is 0.407 e. The van der Waals surface area contributed by atoms with Gasteiger partial charge >= 0.3 is 12.2 Å². The number of ether oxygens (including phenoxy) is 7. The van der Waals surface area contributed by atoms with E-state index in [1.54, 1.807) is 39.1 Å². The number of aromatic nitrogens is 1. The Hall–Kier alpha value is -5.78. The number of alkyl halides is 1. The van der Waals surface area contributed by atoms with Crippen LogP contribution in [0.5, 0.6) is 5.75 Å². The molecule has 0 bridgehead atoms. The number of pyridine rings is 1. The molecule has 6 rings (SSSR count). The van der Waals surface area contributed by atoms with Crippen LogP contribution in [0.15, 0.2) is 140 Å². The highest BCUT2D eigenvalue weighted by Crippen LogP contribution is 2.29. The van der Waals surface area contributed by atoms with Crippen molar-refractivity contribution in [3.05, 3.63) is 162 Å². The van der Waals surface area contributed by atoms with Crippen molar-refractivity contribution in [3.8, 4) is 5.75 Å². The van der Waals surface area contributed by atoms with Crippen molar-refractivity contribution >= 4 is 29.6 Å². The van der Waals surface area contributed by atoms with Gasteiger partial charge in [0.1, 0.15) is 29.5 Å². The summed E-state index contributed by atoms with van der Waals surface area (Å²) in [7, 11) is 0. The molecule has 4 aromatic carbocycles. The molecule has 1 aromatic heterocycles. The molecule has 4 unspecified atom stereocenters. The zero-order chi connectivity index (χ0) is 50.3. The largest absolute Gasteiger partial charge is 0.479 e.